The maximum atomic E-state index is 7.59. The number of rotatable bonds is 2. The third kappa shape index (κ3) is 6.11. The largest absolute Gasteiger partial charge is 0.458 e. The molecule has 0 saturated heterocycles. The molecular weight excluding hydrogens is 854 g/mol. The number of furan rings is 1. The van der Waals surface area contributed by atoms with Gasteiger partial charge in [0.25, 0.3) is 6.71 Å². The minimum absolute atomic E-state index is 0.0314. The predicted molar refractivity (Wildman–Crippen MR) is 298 cm³/mol. The average Bonchev–Trinajstić information content (AvgIpc) is 3.97. The van der Waals surface area contributed by atoms with Crippen LogP contribution in [0.3, 0.4) is 0 Å². The van der Waals surface area contributed by atoms with Crippen LogP contribution in [0.2, 0.25) is 0 Å². The second-order valence-electron chi connectivity index (χ2n) is 24.2. The van der Waals surface area contributed by atoms with Gasteiger partial charge in [-0.15, -0.1) is 0 Å². The van der Waals surface area contributed by atoms with Gasteiger partial charge in [-0.05, 0) is 131 Å². The van der Waals surface area contributed by atoms with E-state index in [1.54, 1.807) is 0 Å². The van der Waals surface area contributed by atoms with Crippen LogP contribution in [-0.4, -0.2) is 15.8 Å². The van der Waals surface area contributed by atoms with Crippen LogP contribution in [0.25, 0.3) is 71.2 Å². The van der Waals surface area contributed by atoms with Gasteiger partial charge in [0.15, 0.2) is 5.58 Å². The van der Waals surface area contributed by atoms with Crippen molar-refractivity contribution in [2.24, 2.45) is 0 Å². The Morgan fingerprint density at radius 2 is 1.01 bits per heavy atom. The van der Waals surface area contributed by atoms with Gasteiger partial charge in [-0.3, -0.25) is 0 Å². The molecule has 0 radical (unpaired) electrons. The molecular formula is C64H60BN3O2. The highest BCUT2D eigenvalue weighted by Gasteiger charge is 2.45. The maximum absolute atomic E-state index is 7.59. The quantitative estimate of drug-likeness (QED) is 0.162. The van der Waals surface area contributed by atoms with Gasteiger partial charge >= 0.3 is 0 Å². The molecule has 346 valence electrons. The highest BCUT2D eigenvalue weighted by Crippen LogP contribution is 2.48. The molecule has 2 aliphatic heterocycles. The van der Waals surface area contributed by atoms with Crippen molar-refractivity contribution in [3.8, 4) is 17.2 Å². The Balaban J connectivity index is 1.15. The van der Waals surface area contributed by atoms with Crippen molar-refractivity contribution >= 4 is 106 Å². The van der Waals surface area contributed by atoms with Crippen LogP contribution >= 0.6 is 0 Å². The Morgan fingerprint density at radius 1 is 0.429 bits per heavy atom. The fourth-order valence-corrected chi connectivity index (χ4v) is 12.0. The van der Waals surface area contributed by atoms with Crippen molar-refractivity contribution in [3.05, 3.63) is 162 Å². The van der Waals surface area contributed by atoms with Crippen molar-refractivity contribution in [1.82, 2.24) is 9.13 Å². The number of anilines is 3. The number of fused-ring (bicyclic) bond motifs is 14. The standard InChI is InChI=1S/C64H60BN3O2/c1-61(2,3)37-25-28-40(29-26-37)66-49-30-27-38(62(4,5)6)31-46(49)65-58-52(66)32-39(63(7,8)9)33-55(58)69-56-36-53(60-57(59(56)65)43-21-15-18-24-54(43)70-60)67-47-22-16-13-19-41(47)44-35-51-45(34-50(44)67)42-20-14-17-23-48(42)68(51)64(10,11)12/h13-36H,1-12H3. The third-order valence-corrected chi connectivity index (χ3v) is 15.5. The van der Waals surface area contributed by atoms with Crippen LogP contribution < -0.4 is 26.0 Å². The lowest BCUT2D eigenvalue weighted by molar-refractivity contribution is 0.423. The van der Waals surface area contributed by atoms with E-state index in [9.17, 15) is 0 Å². The fraction of sp³-hybridized carbons (Fsp3) is 0.250. The van der Waals surface area contributed by atoms with Crippen LogP contribution in [0, 0.1) is 0 Å². The molecule has 0 atom stereocenters. The Hall–Kier alpha value is -7.18. The zero-order valence-corrected chi connectivity index (χ0v) is 42.6. The summed E-state index contributed by atoms with van der Waals surface area (Å²) in [5, 5.41) is 7.07. The highest BCUT2D eigenvalue weighted by molar-refractivity contribution is 7.00. The summed E-state index contributed by atoms with van der Waals surface area (Å²) in [5.74, 6) is 1.76. The molecule has 0 unspecified atom stereocenters. The zero-order valence-electron chi connectivity index (χ0n) is 42.6. The smallest absolute Gasteiger partial charge is 0.257 e. The molecule has 11 aromatic rings. The molecule has 5 heterocycles. The van der Waals surface area contributed by atoms with Gasteiger partial charge < -0.3 is 23.2 Å². The van der Waals surface area contributed by atoms with E-state index in [0.717, 1.165) is 67.0 Å². The Labute approximate surface area is 411 Å². The van der Waals surface area contributed by atoms with E-state index < -0.39 is 0 Å². The van der Waals surface area contributed by atoms with Crippen molar-refractivity contribution in [2.75, 3.05) is 4.90 Å². The summed E-state index contributed by atoms with van der Waals surface area (Å²) >= 11 is 0. The molecule has 3 aromatic heterocycles. The first-order chi connectivity index (χ1) is 33.3. The number of nitrogens with zero attached hydrogens (tertiary/aromatic N) is 3. The van der Waals surface area contributed by atoms with E-state index >= 15 is 0 Å². The maximum Gasteiger partial charge on any atom is 0.257 e. The molecule has 13 rings (SSSR count). The van der Waals surface area contributed by atoms with Crippen molar-refractivity contribution in [2.45, 2.75) is 105 Å². The Morgan fingerprint density at radius 3 is 1.70 bits per heavy atom. The second kappa shape index (κ2) is 14.2. The summed E-state index contributed by atoms with van der Waals surface area (Å²) in [6.07, 6.45) is 0. The van der Waals surface area contributed by atoms with E-state index in [1.807, 2.05) is 0 Å². The topological polar surface area (TPSA) is 35.5 Å². The first-order valence-electron chi connectivity index (χ1n) is 25.1. The number of hydrogen-bond acceptors (Lipinski definition) is 3. The van der Waals surface area contributed by atoms with Crippen molar-refractivity contribution < 1.29 is 9.15 Å². The third-order valence-electron chi connectivity index (χ3n) is 15.5. The summed E-state index contributed by atoms with van der Waals surface area (Å²) in [5.41, 5.74) is 18.0. The van der Waals surface area contributed by atoms with Crippen LogP contribution in [0.4, 0.5) is 17.1 Å². The normalized spacial score (nSPS) is 14.1. The van der Waals surface area contributed by atoms with E-state index in [-0.39, 0.29) is 28.5 Å². The van der Waals surface area contributed by atoms with Gasteiger partial charge in [-0.1, -0.05) is 141 Å². The molecule has 8 aromatic carbocycles. The van der Waals surface area contributed by atoms with E-state index in [2.05, 4.69) is 243 Å². The van der Waals surface area contributed by atoms with Crippen LogP contribution in [0.1, 0.15) is 99.8 Å². The second-order valence-corrected chi connectivity index (χ2v) is 24.2. The molecule has 2 aliphatic rings. The molecule has 0 saturated carbocycles. The number of ether oxygens (including phenoxy) is 1. The molecule has 0 amide bonds. The number of para-hydroxylation sites is 3. The Kier molecular flexibility index (Phi) is 8.71. The molecule has 70 heavy (non-hydrogen) atoms. The average molecular weight is 914 g/mol. The molecule has 0 aliphatic carbocycles. The lowest BCUT2D eigenvalue weighted by Crippen LogP contribution is -2.60. The van der Waals surface area contributed by atoms with Gasteiger partial charge in [0, 0.05) is 66.5 Å². The summed E-state index contributed by atoms with van der Waals surface area (Å²) in [4.78, 5) is 2.50. The lowest BCUT2D eigenvalue weighted by atomic mass is 9.33. The van der Waals surface area contributed by atoms with Gasteiger partial charge in [0.1, 0.15) is 17.1 Å². The summed E-state index contributed by atoms with van der Waals surface area (Å²) in [6.45, 7) is 27.5. The first kappa shape index (κ1) is 42.9. The predicted octanol–water partition coefficient (Wildman–Crippen LogP) is 15.8. The molecule has 6 heteroatoms. The fourth-order valence-electron chi connectivity index (χ4n) is 12.0. The van der Waals surface area contributed by atoms with Crippen LogP contribution in [-0.2, 0) is 21.8 Å². The lowest BCUT2D eigenvalue weighted by Gasteiger charge is -2.42. The van der Waals surface area contributed by atoms with E-state index in [4.69, 9.17) is 9.15 Å². The van der Waals surface area contributed by atoms with Crippen LogP contribution in [0.15, 0.2) is 150 Å². The van der Waals surface area contributed by atoms with E-state index in [0.29, 0.717) is 0 Å². The molecule has 0 spiro atoms. The van der Waals surface area contributed by atoms with Crippen molar-refractivity contribution in [1.29, 1.82) is 0 Å². The van der Waals surface area contributed by atoms with Crippen molar-refractivity contribution in [3.63, 3.8) is 0 Å². The number of hydrogen-bond donors (Lipinski definition) is 0. The number of benzene rings is 8. The van der Waals surface area contributed by atoms with Gasteiger partial charge in [-0.2, -0.15) is 0 Å². The molecule has 0 bridgehead atoms. The number of aromatic nitrogens is 2. The minimum Gasteiger partial charge on any atom is -0.458 e. The highest BCUT2D eigenvalue weighted by atomic mass is 16.5. The summed E-state index contributed by atoms with van der Waals surface area (Å²) < 4.78 is 19.8. The molecule has 0 fully saturated rings. The molecule has 0 N–H and O–H groups in total. The van der Waals surface area contributed by atoms with Crippen LogP contribution in [0.5, 0.6) is 11.5 Å². The Bertz CT molecular complexity index is 4020. The SMILES string of the molecule is CC(C)(C)c1ccc(N2c3ccc(C(C)(C)C)cc3B3c4c(cc(C(C)(C)C)cc42)Oc2cc(-n4c5ccccc5c5cc6c(cc54)c4ccccc4n6C(C)(C)C)c4oc5ccccc5c4c23)cc1. The summed E-state index contributed by atoms with van der Waals surface area (Å²) in [7, 11) is 0. The molecule has 5 nitrogen and oxygen atoms in total. The first-order valence-corrected chi connectivity index (χ1v) is 25.1. The van der Waals surface area contributed by atoms with Gasteiger partial charge in [0.05, 0.1) is 22.2 Å². The monoisotopic (exact) mass is 913 g/mol. The van der Waals surface area contributed by atoms with Gasteiger partial charge in [-0.25, -0.2) is 0 Å². The van der Waals surface area contributed by atoms with E-state index in [1.165, 1.54) is 65.9 Å². The summed E-state index contributed by atoms with van der Waals surface area (Å²) in [6, 6.07) is 54.7. The van der Waals surface area contributed by atoms with Gasteiger partial charge in [0.2, 0.25) is 0 Å². The zero-order chi connectivity index (χ0) is 48.6. The minimum atomic E-state index is -0.150.